The molecule has 0 spiro atoms. The number of nitrogens with one attached hydrogen (secondary N) is 2. The van der Waals surface area contributed by atoms with Gasteiger partial charge in [0.2, 0.25) is 0 Å². The molecule has 0 fully saturated rings. The van der Waals surface area contributed by atoms with Crippen molar-refractivity contribution in [3.8, 4) is 5.75 Å². The quantitative estimate of drug-likeness (QED) is 0.702. The number of rotatable bonds is 5. The Labute approximate surface area is 153 Å². The Kier molecular flexibility index (Phi) is 5.17. The van der Waals surface area contributed by atoms with Gasteiger partial charge in [0.05, 0.1) is 19.0 Å². The van der Waals surface area contributed by atoms with E-state index in [2.05, 4.69) is 47.7 Å². The van der Waals surface area contributed by atoms with Crippen LogP contribution >= 0.6 is 0 Å². The summed E-state index contributed by atoms with van der Waals surface area (Å²) in [4.78, 5) is 16.6. The maximum atomic E-state index is 12.3. The first-order chi connectivity index (χ1) is 12.5. The maximum Gasteiger partial charge on any atom is 0.274 e. The number of aryl methyl sites for hydroxylation is 2. The molecule has 5 heteroatoms. The van der Waals surface area contributed by atoms with Crippen LogP contribution in [0.2, 0.25) is 0 Å². The highest BCUT2D eigenvalue weighted by atomic mass is 16.5. The Balaban J connectivity index is 1.67. The van der Waals surface area contributed by atoms with Gasteiger partial charge in [0, 0.05) is 11.4 Å². The van der Waals surface area contributed by atoms with Crippen LogP contribution in [0.4, 0.5) is 17.1 Å². The largest absolute Gasteiger partial charge is 0.497 e. The summed E-state index contributed by atoms with van der Waals surface area (Å²) in [6, 6.07) is 16.9. The van der Waals surface area contributed by atoms with E-state index < -0.39 is 0 Å². The van der Waals surface area contributed by atoms with Gasteiger partial charge in [-0.2, -0.15) is 0 Å². The minimum absolute atomic E-state index is 0.256. The summed E-state index contributed by atoms with van der Waals surface area (Å²) in [5, 5.41) is 6.12. The molecule has 1 amide bonds. The van der Waals surface area contributed by atoms with Crippen molar-refractivity contribution >= 4 is 23.0 Å². The molecule has 3 aromatic rings. The first-order valence-corrected chi connectivity index (χ1v) is 8.30. The van der Waals surface area contributed by atoms with Gasteiger partial charge in [0.15, 0.2) is 0 Å². The number of hydrogen-bond donors (Lipinski definition) is 2. The van der Waals surface area contributed by atoms with Crippen molar-refractivity contribution in [2.24, 2.45) is 0 Å². The first-order valence-electron chi connectivity index (χ1n) is 8.30. The van der Waals surface area contributed by atoms with Crippen molar-refractivity contribution in [1.29, 1.82) is 0 Å². The zero-order valence-electron chi connectivity index (χ0n) is 15.0. The van der Waals surface area contributed by atoms with Crippen LogP contribution in [0.3, 0.4) is 0 Å². The molecule has 0 unspecified atom stereocenters. The van der Waals surface area contributed by atoms with E-state index in [0.29, 0.717) is 11.4 Å². The highest BCUT2D eigenvalue weighted by Crippen LogP contribution is 2.20. The lowest BCUT2D eigenvalue weighted by atomic mass is 10.1. The van der Waals surface area contributed by atoms with Crippen LogP contribution in [0.5, 0.6) is 5.75 Å². The van der Waals surface area contributed by atoms with E-state index >= 15 is 0 Å². The zero-order valence-corrected chi connectivity index (χ0v) is 15.0. The molecule has 0 saturated heterocycles. The molecular formula is C21H21N3O2. The molecular weight excluding hydrogens is 326 g/mol. The number of ether oxygens (including phenoxy) is 1. The van der Waals surface area contributed by atoms with Gasteiger partial charge >= 0.3 is 0 Å². The third kappa shape index (κ3) is 4.39. The first kappa shape index (κ1) is 17.5. The molecule has 0 saturated carbocycles. The van der Waals surface area contributed by atoms with Crippen LogP contribution in [0, 0.1) is 13.8 Å². The topological polar surface area (TPSA) is 63.2 Å². The van der Waals surface area contributed by atoms with E-state index in [1.807, 2.05) is 6.07 Å². The molecule has 132 valence electrons. The molecule has 0 aliphatic rings. The van der Waals surface area contributed by atoms with Gasteiger partial charge in [-0.1, -0.05) is 6.07 Å². The number of anilines is 3. The van der Waals surface area contributed by atoms with Gasteiger partial charge in [-0.3, -0.25) is 4.79 Å². The average Bonchev–Trinajstić information content (AvgIpc) is 2.62. The van der Waals surface area contributed by atoms with Crippen molar-refractivity contribution in [1.82, 2.24) is 4.98 Å². The fourth-order valence-electron chi connectivity index (χ4n) is 2.69. The minimum Gasteiger partial charge on any atom is -0.497 e. The minimum atomic E-state index is -0.256. The Morgan fingerprint density at radius 3 is 2.12 bits per heavy atom. The predicted molar refractivity (Wildman–Crippen MR) is 104 cm³/mol. The standard InChI is InChI=1S/C21H21N3O2/c1-14-10-15(2)12-18(11-14)23-17-6-9-20(22-13-17)21(25)24-16-4-7-19(26-3)8-5-16/h4-13,23H,1-3H3,(H,24,25). The predicted octanol–water partition coefficient (Wildman–Crippen LogP) is 4.70. The monoisotopic (exact) mass is 347 g/mol. The Morgan fingerprint density at radius 1 is 0.885 bits per heavy atom. The van der Waals surface area contributed by atoms with Gasteiger partial charge in [-0.05, 0) is 73.5 Å². The van der Waals surface area contributed by atoms with Crippen LogP contribution < -0.4 is 15.4 Å². The molecule has 0 aliphatic heterocycles. The molecule has 3 rings (SSSR count). The molecule has 0 bridgehead atoms. The molecule has 5 nitrogen and oxygen atoms in total. The highest BCUT2D eigenvalue weighted by molar-refractivity contribution is 6.03. The van der Waals surface area contributed by atoms with E-state index in [9.17, 15) is 4.79 Å². The van der Waals surface area contributed by atoms with Gasteiger partial charge in [0.1, 0.15) is 11.4 Å². The second-order valence-corrected chi connectivity index (χ2v) is 6.12. The van der Waals surface area contributed by atoms with Crippen molar-refractivity contribution in [3.05, 3.63) is 77.6 Å². The molecule has 2 aromatic carbocycles. The number of carbonyl (C=O) groups is 1. The summed E-state index contributed by atoms with van der Waals surface area (Å²) in [7, 11) is 1.60. The lowest BCUT2D eigenvalue weighted by Crippen LogP contribution is -2.13. The summed E-state index contributed by atoms with van der Waals surface area (Å²) in [6.07, 6.45) is 1.65. The molecule has 1 aromatic heterocycles. The molecule has 0 aliphatic carbocycles. The van der Waals surface area contributed by atoms with Crippen molar-refractivity contribution in [3.63, 3.8) is 0 Å². The fourth-order valence-corrected chi connectivity index (χ4v) is 2.69. The second kappa shape index (κ2) is 7.70. The van der Waals surface area contributed by atoms with E-state index in [1.54, 1.807) is 43.6 Å². The molecule has 2 N–H and O–H groups in total. The smallest absolute Gasteiger partial charge is 0.274 e. The second-order valence-electron chi connectivity index (χ2n) is 6.12. The SMILES string of the molecule is COc1ccc(NC(=O)c2ccc(Nc3cc(C)cc(C)c3)cn2)cc1. The van der Waals surface area contributed by atoms with Crippen LogP contribution in [0.25, 0.3) is 0 Å². The van der Waals surface area contributed by atoms with Gasteiger partial charge in [-0.15, -0.1) is 0 Å². The van der Waals surface area contributed by atoms with Crippen molar-refractivity contribution in [2.75, 3.05) is 17.7 Å². The highest BCUT2D eigenvalue weighted by Gasteiger charge is 2.08. The normalized spacial score (nSPS) is 10.3. The fraction of sp³-hybridized carbons (Fsp3) is 0.143. The number of hydrogen-bond acceptors (Lipinski definition) is 4. The number of carbonyl (C=O) groups excluding carboxylic acids is 1. The summed E-state index contributed by atoms with van der Waals surface area (Å²) >= 11 is 0. The van der Waals surface area contributed by atoms with E-state index in [1.165, 1.54) is 11.1 Å². The van der Waals surface area contributed by atoms with Gasteiger partial charge in [-0.25, -0.2) is 4.98 Å². The number of pyridine rings is 1. The summed E-state index contributed by atoms with van der Waals surface area (Å²) < 4.78 is 5.10. The molecule has 26 heavy (non-hydrogen) atoms. The molecule has 0 radical (unpaired) electrons. The summed E-state index contributed by atoms with van der Waals surface area (Å²) in [5.41, 5.74) is 5.25. The van der Waals surface area contributed by atoms with Crippen LogP contribution in [-0.4, -0.2) is 18.0 Å². The third-order valence-electron chi connectivity index (χ3n) is 3.85. The number of amides is 1. The summed E-state index contributed by atoms with van der Waals surface area (Å²) in [6.45, 7) is 4.12. The molecule has 1 heterocycles. The van der Waals surface area contributed by atoms with Gasteiger partial charge in [0.25, 0.3) is 5.91 Å². The number of nitrogens with zero attached hydrogens (tertiary/aromatic N) is 1. The van der Waals surface area contributed by atoms with E-state index in [0.717, 1.165) is 17.1 Å². The van der Waals surface area contributed by atoms with E-state index in [4.69, 9.17) is 4.74 Å². The van der Waals surface area contributed by atoms with Crippen molar-refractivity contribution in [2.45, 2.75) is 13.8 Å². The third-order valence-corrected chi connectivity index (χ3v) is 3.85. The van der Waals surface area contributed by atoms with Crippen LogP contribution in [-0.2, 0) is 0 Å². The van der Waals surface area contributed by atoms with Crippen LogP contribution in [0.1, 0.15) is 21.6 Å². The Bertz CT molecular complexity index is 883. The lowest BCUT2D eigenvalue weighted by molar-refractivity contribution is 0.102. The average molecular weight is 347 g/mol. The number of benzene rings is 2. The molecule has 0 atom stereocenters. The van der Waals surface area contributed by atoms with E-state index in [-0.39, 0.29) is 5.91 Å². The zero-order chi connectivity index (χ0) is 18.5. The summed E-state index contributed by atoms with van der Waals surface area (Å²) in [5.74, 6) is 0.482. The Hall–Kier alpha value is -3.34. The van der Waals surface area contributed by atoms with Crippen molar-refractivity contribution < 1.29 is 9.53 Å². The van der Waals surface area contributed by atoms with Gasteiger partial charge < -0.3 is 15.4 Å². The number of aromatic nitrogens is 1. The van der Waals surface area contributed by atoms with Crippen LogP contribution in [0.15, 0.2) is 60.8 Å². The Morgan fingerprint density at radius 2 is 1.54 bits per heavy atom. The maximum absolute atomic E-state index is 12.3. The number of methoxy groups -OCH3 is 1. The lowest BCUT2D eigenvalue weighted by Gasteiger charge is -2.09.